The van der Waals surface area contributed by atoms with Gasteiger partial charge < -0.3 is 9.47 Å². The Morgan fingerprint density at radius 3 is 2.30 bits per heavy atom. The van der Waals surface area contributed by atoms with Crippen LogP contribution in [0.4, 0.5) is 0 Å². The largest absolute Gasteiger partial charge is 0.463 e. The van der Waals surface area contributed by atoms with E-state index in [1.54, 1.807) is 6.92 Å². The Bertz CT molecular complexity index is 1100. The predicted octanol–water partition coefficient (Wildman–Crippen LogP) is 7.79. The maximum absolute atomic E-state index is 13.2. The molecule has 4 saturated carbocycles. The number of carbonyl (C=O) groups excluding carboxylic acids is 3. The number of carbonyl (C=O) groups is 3. The highest BCUT2D eigenvalue weighted by molar-refractivity contribution is 9.10. The van der Waals surface area contributed by atoms with Gasteiger partial charge in [-0.2, -0.15) is 0 Å². The van der Waals surface area contributed by atoms with Gasteiger partial charge in [0.25, 0.3) is 0 Å². The summed E-state index contributed by atoms with van der Waals surface area (Å²) in [5, 5.41) is 0. The Balaban J connectivity index is 1.37. The van der Waals surface area contributed by atoms with E-state index in [1.807, 2.05) is 30.3 Å². The average molecular weight is 616 g/mol. The lowest BCUT2D eigenvalue weighted by Crippen LogP contribution is -2.59. The fraction of sp³-hybridized carbons (Fsp3) is 0.735. The zero-order valence-corrected chi connectivity index (χ0v) is 26.5. The summed E-state index contributed by atoms with van der Waals surface area (Å²) >= 11 is 3.74. The van der Waals surface area contributed by atoms with E-state index in [0.29, 0.717) is 35.5 Å². The minimum atomic E-state index is -0.224. The van der Waals surface area contributed by atoms with Crippen LogP contribution in [0.2, 0.25) is 0 Å². The lowest BCUT2D eigenvalue weighted by Gasteiger charge is -2.62. The molecule has 0 amide bonds. The van der Waals surface area contributed by atoms with Gasteiger partial charge in [0, 0.05) is 24.8 Å². The lowest BCUT2D eigenvalue weighted by atomic mass is 9.43. The molecule has 0 radical (unpaired) electrons. The zero-order valence-electron chi connectivity index (χ0n) is 24.9. The number of ether oxygens (including phenoxy) is 2. The number of esters is 2. The van der Waals surface area contributed by atoms with Crippen molar-refractivity contribution in [2.45, 2.75) is 109 Å². The maximum Gasteiger partial charge on any atom is 0.302 e. The number of ketones is 1. The molecule has 0 N–H and O–H groups in total. The number of rotatable bonds is 7. The van der Waals surface area contributed by atoms with E-state index in [2.05, 4.69) is 36.7 Å². The Hall–Kier alpha value is -1.69. The molecule has 0 spiro atoms. The second-order valence-electron chi connectivity index (χ2n) is 14.0. The first-order valence-corrected chi connectivity index (χ1v) is 16.4. The van der Waals surface area contributed by atoms with Crippen LogP contribution in [-0.2, 0) is 19.1 Å². The van der Waals surface area contributed by atoms with Gasteiger partial charge in [-0.25, -0.2) is 0 Å². The monoisotopic (exact) mass is 614 g/mol. The van der Waals surface area contributed by atoms with Gasteiger partial charge in [-0.1, -0.05) is 67.0 Å². The third-order valence-electron chi connectivity index (χ3n) is 12.0. The normalized spacial score (nSPS) is 40.1. The van der Waals surface area contributed by atoms with Crippen molar-refractivity contribution in [3.63, 3.8) is 0 Å². The van der Waals surface area contributed by atoms with E-state index in [4.69, 9.17) is 9.47 Å². The van der Waals surface area contributed by atoms with Crippen molar-refractivity contribution >= 4 is 33.7 Å². The number of hydrogen-bond acceptors (Lipinski definition) is 5. The molecular weight excluding hydrogens is 568 g/mol. The lowest BCUT2D eigenvalue weighted by molar-refractivity contribution is -0.197. The first-order chi connectivity index (χ1) is 18.9. The van der Waals surface area contributed by atoms with Gasteiger partial charge in [0.05, 0.1) is 4.83 Å². The van der Waals surface area contributed by atoms with Crippen molar-refractivity contribution in [3.8, 4) is 0 Å². The van der Waals surface area contributed by atoms with Gasteiger partial charge >= 0.3 is 11.9 Å². The zero-order chi connectivity index (χ0) is 28.8. The van der Waals surface area contributed by atoms with Crippen molar-refractivity contribution in [2.75, 3.05) is 0 Å². The molecule has 11 atom stereocenters. The second kappa shape index (κ2) is 11.5. The summed E-state index contributed by atoms with van der Waals surface area (Å²) in [5.41, 5.74) is 0.845. The predicted molar refractivity (Wildman–Crippen MR) is 159 cm³/mol. The van der Waals surface area contributed by atoms with E-state index < -0.39 is 0 Å². The molecule has 0 aliphatic heterocycles. The van der Waals surface area contributed by atoms with Gasteiger partial charge in [0.2, 0.25) is 0 Å². The van der Waals surface area contributed by atoms with Gasteiger partial charge in [-0.15, -0.1) is 0 Å². The van der Waals surface area contributed by atoms with Crippen LogP contribution in [0.15, 0.2) is 30.3 Å². The Kier molecular flexibility index (Phi) is 8.59. The van der Waals surface area contributed by atoms with Gasteiger partial charge in [0.1, 0.15) is 12.2 Å². The van der Waals surface area contributed by atoms with E-state index in [9.17, 15) is 14.4 Å². The van der Waals surface area contributed by atoms with Crippen LogP contribution in [0.25, 0.3) is 0 Å². The Morgan fingerprint density at radius 1 is 0.925 bits per heavy atom. The molecule has 1 aromatic rings. The van der Waals surface area contributed by atoms with E-state index in [1.165, 1.54) is 26.2 Å². The van der Waals surface area contributed by atoms with Crippen molar-refractivity contribution in [1.29, 1.82) is 0 Å². The molecule has 40 heavy (non-hydrogen) atoms. The fourth-order valence-electron chi connectivity index (χ4n) is 10.2. The summed E-state index contributed by atoms with van der Waals surface area (Å²) in [5.74, 6) is 2.72. The highest BCUT2D eigenvalue weighted by Crippen LogP contribution is 2.69. The summed E-state index contributed by atoms with van der Waals surface area (Å²) in [6, 6.07) is 9.55. The van der Waals surface area contributed by atoms with Crippen molar-refractivity contribution in [2.24, 2.45) is 46.3 Å². The molecule has 6 heteroatoms. The molecule has 0 bridgehead atoms. The minimum Gasteiger partial charge on any atom is -0.463 e. The quantitative estimate of drug-likeness (QED) is 0.178. The molecule has 4 fully saturated rings. The van der Waals surface area contributed by atoms with Crippen molar-refractivity contribution < 1.29 is 23.9 Å². The number of alkyl halides is 1. The Morgan fingerprint density at radius 2 is 1.62 bits per heavy atom. The maximum atomic E-state index is 13.2. The molecule has 220 valence electrons. The number of fused-ring (bicyclic) bond motifs is 5. The van der Waals surface area contributed by atoms with Crippen LogP contribution < -0.4 is 0 Å². The van der Waals surface area contributed by atoms with Crippen molar-refractivity contribution in [1.82, 2.24) is 0 Å². The molecule has 5 rings (SSSR count). The fourth-order valence-corrected chi connectivity index (χ4v) is 11.1. The summed E-state index contributed by atoms with van der Waals surface area (Å²) in [6.45, 7) is 10.3. The number of benzene rings is 1. The molecule has 5 nitrogen and oxygen atoms in total. The molecule has 11 unspecified atom stereocenters. The van der Waals surface area contributed by atoms with Crippen LogP contribution in [0.1, 0.15) is 103 Å². The molecule has 4 aliphatic carbocycles. The number of Topliss-reactive ketones (excluding diaryl/α,β-unsaturated/α-hetero) is 1. The van der Waals surface area contributed by atoms with Crippen LogP contribution >= 0.6 is 15.9 Å². The first-order valence-electron chi connectivity index (χ1n) is 15.5. The minimum absolute atomic E-state index is 0.0396. The first kappa shape index (κ1) is 29.8. The average Bonchev–Trinajstić information content (AvgIpc) is 3.27. The van der Waals surface area contributed by atoms with Gasteiger partial charge in [-0.3, -0.25) is 14.4 Å². The summed E-state index contributed by atoms with van der Waals surface area (Å²) in [7, 11) is 0. The third-order valence-corrected chi connectivity index (χ3v) is 12.8. The van der Waals surface area contributed by atoms with Gasteiger partial charge in [-0.05, 0) is 98.7 Å². The van der Waals surface area contributed by atoms with E-state index in [-0.39, 0.29) is 45.6 Å². The van der Waals surface area contributed by atoms with Crippen LogP contribution in [0, 0.1) is 46.3 Å². The molecule has 0 heterocycles. The summed E-state index contributed by atoms with van der Waals surface area (Å²) in [4.78, 5) is 37.1. The number of halogens is 1. The smallest absolute Gasteiger partial charge is 0.302 e. The molecule has 0 saturated heterocycles. The van der Waals surface area contributed by atoms with E-state index in [0.717, 1.165) is 44.1 Å². The highest BCUT2D eigenvalue weighted by atomic mass is 79.9. The van der Waals surface area contributed by atoms with Crippen molar-refractivity contribution in [3.05, 3.63) is 35.9 Å². The summed E-state index contributed by atoms with van der Waals surface area (Å²) in [6.07, 6.45) is 9.28. The topological polar surface area (TPSA) is 69.7 Å². The Labute approximate surface area is 248 Å². The van der Waals surface area contributed by atoms with Crippen LogP contribution in [-0.4, -0.2) is 34.8 Å². The SMILES string of the molecule is CC(=O)OC1CCC2(C)C(CCC3C2CC(OC(C)=O)C2(C)C(C(C)CC(Br)C(=O)c4ccccc4)CCC32)C1. The van der Waals surface area contributed by atoms with Crippen LogP contribution in [0.5, 0.6) is 0 Å². The van der Waals surface area contributed by atoms with Gasteiger partial charge in [0.15, 0.2) is 5.78 Å². The third kappa shape index (κ3) is 5.31. The number of hydrogen-bond donors (Lipinski definition) is 0. The standard InChI is InChI=1S/C34H47BrO5/c1-20(17-30(35)32(38)23-9-7-6-8-10-23)27-13-14-28-26-12-11-24-18-25(39-21(2)36)15-16-33(24,4)29(26)19-31(34(27,28)5)40-22(3)37/h6-10,20,24-31H,11-19H2,1-5H3. The molecular formula is C34H47BrO5. The van der Waals surface area contributed by atoms with E-state index >= 15 is 0 Å². The second-order valence-corrected chi connectivity index (χ2v) is 15.1. The molecule has 4 aliphatic rings. The molecule has 1 aromatic carbocycles. The summed E-state index contributed by atoms with van der Waals surface area (Å²) < 4.78 is 11.9. The highest BCUT2D eigenvalue weighted by Gasteiger charge is 2.65. The van der Waals surface area contributed by atoms with Crippen LogP contribution in [0.3, 0.4) is 0 Å². The molecule has 0 aromatic heterocycles.